The maximum atomic E-state index is 11.5. The van der Waals surface area contributed by atoms with Crippen LogP contribution in [0.5, 0.6) is 0 Å². The van der Waals surface area contributed by atoms with E-state index in [4.69, 9.17) is 10.4 Å². The van der Waals surface area contributed by atoms with E-state index < -0.39 is 12.4 Å². The van der Waals surface area contributed by atoms with Crippen LogP contribution in [0.25, 0.3) is 10.9 Å². The molecule has 3 aromatic rings. The number of carbonyl (C=O) groups is 1. The number of ketones is 1. The molecule has 1 aliphatic rings. The molecule has 1 saturated heterocycles. The normalized spacial score (nSPS) is 12.7. The van der Waals surface area contributed by atoms with Crippen molar-refractivity contribution in [3.05, 3.63) is 58.2 Å². The van der Waals surface area contributed by atoms with E-state index in [1.54, 1.807) is 18.3 Å². The third-order valence-corrected chi connectivity index (χ3v) is 6.11. The van der Waals surface area contributed by atoms with Crippen LogP contribution in [-0.2, 0) is 18.5 Å². The van der Waals surface area contributed by atoms with E-state index in [1.807, 2.05) is 17.8 Å². The van der Waals surface area contributed by atoms with Crippen molar-refractivity contribution in [2.45, 2.75) is 19.4 Å². The summed E-state index contributed by atoms with van der Waals surface area (Å²) in [7, 11) is 1.95. The number of Topliss-reactive ketones (excluding diaryl/α,β-unsaturated/α-hetero) is 1. The van der Waals surface area contributed by atoms with Gasteiger partial charge in [-0.15, -0.1) is 4.39 Å². The number of nitro groups is 1. The van der Waals surface area contributed by atoms with Crippen LogP contribution < -0.4 is 10.2 Å². The Bertz CT molecular complexity index is 1290. The lowest BCUT2D eigenvalue weighted by atomic mass is 9.96. The molecule has 12 nitrogen and oxygen atoms in total. The predicted octanol–water partition coefficient (Wildman–Crippen LogP) is 2.73. The second-order valence-corrected chi connectivity index (χ2v) is 8.41. The number of aryl methyl sites for hydroxylation is 1. The Kier molecular flexibility index (Phi) is 13.3. The molecular formula is C24H29F3N6O6. The fraction of sp³-hybridized carbons (Fsp3) is 0.375. The first kappa shape index (κ1) is 32.8. The number of benzene rings is 1. The van der Waals surface area contributed by atoms with E-state index in [2.05, 4.69) is 25.1 Å². The molecule has 39 heavy (non-hydrogen) atoms. The molecule has 1 aromatic carbocycles. The molecule has 0 spiro atoms. The van der Waals surface area contributed by atoms with Gasteiger partial charge in [0, 0.05) is 55.9 Å². The van der Waals surface area contributed by atoms with E-state index >= 15 is 0 Å². The van der Waals surface area contributed by atoms with Gasteiger partial charge < -0.3 is 19.9 Å². The molecular weight excluding hydrogens is 525 g/mol. The summed E-state index contributed by atoms with van der Waals surface area (Å²) >= 11 is 0. The van der Waals surface area contributed by atoms with Crippen LogP contribution in [0, 0.1) is 28.3 Å². The number of hydrogen-bond acceptors (Lipinski definition) is 10. The van der Waals surface area contributed by atoms with Gasteiger partial charge in [-0.2, -0.15) is 5.26 Å². The zero-order valence-corrected chi connectivity index (χ0v) is 20.9. The molecule has 4 rings (SSSR count). The maximum Gasteiger partial charge on any atom is 0.270 e. The minimum atomic E-state index is -0.567. The number of non-ortho nitro benzene ring substituents is 1. The zero-order chi connectivity index (χ0) is 26.8. The maximum absolute atomic E-state index is 11.5. The summed E-state index contributed by atoms with van der Waals surface area (Å²) < 4.78 is 12.3. The van der Waals surface area contributed by atoms with E-state index in [1.165, 1.54) is 18.4 Å². The van der Waals surface area contributed by atoms with Crippen molar-refractivity contribution < 1.29 is 38.8 Å². The van der Waals surface area contributed by atoms with E-state index in [-0.39, 0.29) is 25.7 Å². The number of nitrogens with one attached hydrogen (secondary N) is 1. The lowest BCUT2D eigenvalue weighted by Crippen LogP contribution is -2.37. The quantitative estimate of drug-likeness (QED) is 0.124. The van der Waals surface area contributed by atoms with Crippen LogP contribution in [0.2, 0.25) is 0 Å². The average molecular weight is 555 g/mol. The summed E-state index contributed by atoms with van der Waals surface area (Å²) in [6.07, 6.45) is 9.08. The first-order valence-corrected chi connectivity index (χ1v) is 11.4. The van der Waals surface area contributed by atoms with Crippen molar-refractivity contribution in [2.75, 3.05) is 31.1 Å². The second-order valence-electron chi connectivity index (χ2n) is 8.41. The lowest BCUT2D eigenvalue weighted by molar-refractivity contribution is -0.384. The molecule has 0 atom stereocenters. The largest absolute Gasteiger partial charge is 0.388 e. The van der Waals surface area contributed by atoms with E-state index in [0.717, 1.165) is 60.9 Å². The fourth-order valence-corrected chi connectivity index (χ4v) is 4.22. The molecule has 1 aliphatic heterocycles. The Morgan fingerprint density at radius 3 is 2.54 bits per heavy atom. The molecule has 3 N–H and O–H groups in total. The van der Waals surface area contributed by atoms with Crippen molar-refractivity contribution >= 4 is 28.2 Å². The van der Waals surface area contributed by atoms with Crippen LogP contribution in [0.4, 0.5) is 25.3 Å². The number of piperidine rings is 1. The number of carbonyl (C=O) groups excluding carboxylic acids is 1. The van der Waals surface area contributed by atoms with Gasteiger partial charge in [-0.3, -0.25) is 29.2 Å². The summed E-state index contributed by atoms with van der Waals surface area (Å²) in [6.45, 7) is 2.67. The molecule has 15 heteroatoms. The highest BCUT2D eigenvalue weighted by Gasteiger charge is 2.21. The van der Waals surface area contributed by atoms with Gasteiger partial charge in [0.15, 0.2) is 12.3 Å². The molecule has 3 heterocycles. The number of nitrogens with zero attached hydrogens (tertiary/aromatic N) is 5. The van der Waals surface area contributed by atoms with Gasteiger partial charge in [0.25, 0.3) is 5.69 Å². The molecule has 0 amide bonds. The molecule has 212 valence electrons. The summed E-state index contributed by atoms with van der Waals surface area (Å²) in [6, 6.07) is 4.98. The zero-order valence-electron chi connectivity index (χ0n) is 20.9. The van der Waals surface area contributed by atoms with Crippen molar-refractivity contribution in [3.63, 3.8) is 0 Å². The monoisotopic (exact) mass is 554 g/mol. The highest BCUT2D eigenvalue weighted by atomic mass is 19.1. The first-order chi connectivity index (χ1) is 17.9. The molecule has 2 aromatic heterocycles. The Balaban J connectivity index is 0.000000998. The number of hydrogen-bond donors (Lipinski definition) is 3. The highest BCUT2D eigenvalue weighted by Crippen LogP contribution is 2.26. The molecule has 1 fully saturated rings. The summed E-state index contributed by atoms with van der Waals surface area (Å²) in [5.74, 6) is 0.830. The minimum Gasteiger partial charge on any atom is -0.388 e. The van der Waals surface area contributed by atoms with Crippen LogP contribution >= 0.6 is 0 Å². The topological polar surface area (TPSA) is 156 Å². The first-order valence-electron chi connectivity index (χ1n) is 11.4. The Labute approximate surface area is 221 Å². The fourth-order valence-electron chi connectivity index (χ4n) is 4.22. The van der Waals surface area contributed by atoms with Gasteiger partial charge >= 0.3 is 0 Å². The van der Waals surface area contributed by atoms with Crippen LogP contribution in [0.1, 0.15) is 28.9 Å². The molecule has 0 bridgehead atoms. The summed E-state index contributed by atoms with van der Waals surface area (Å²) in [5.41, 5.74) is 2.31. The Morgan fingerprint density at radius 2 is 2.00 bits per heavy atom. The van der Waals surface area contributed by atoms with Gasteiger partial charge in [0.1, 0.15) is 18.1 Å². The van der Waals surface area contributed by atoms with Gasteiger partial charge in [0.05, 0.1) is 17.3 Å². The number of aliphatic hydroxyl groups is 1. The SMILES string of the molecule is Cn1cc(CNCC2CCN(c3cnc(C(=O)CO)cn3)CC2)c2cc([N+](=O)[O-])ccc21.F.F.OOC#CF. The molecule has 0 saturated carbocycles. The van der Waals surface area contributed by atoms with E-state index in [0.29, 0.717) is 12.5 Å². The Hall–Kier alpha value is -4.26. The third kappa shape index (κ3) is 8.64. The predicted molar refractivity (Wildman–Crippen MR) is 137 cm³/mol. The Morgan fingerprint density at radius 1 is 1.28 bits per heavy atom. The number of rotatable bonds is 8. The number of aromatic nitrogens is 3. The molecule has 0 unspecified atom stereocenters. The number of aliphatic hydroxyl groups excluding tert-OH is 1. The smallest absolute Gasteiger partial charge is 0.270 e. The van der Waals surface area contributed by atoms with Gasteiger partial charge in [-0.1, -0.05) is 0 Å². The van der Waals surface area contributed by atoms with Gasteiger partial charge in [0.2, 0.25) is 5.78 Å². The minimum absolute atomic E-state index is 0. The number of fused-ring (bicyclic) bond motifs is 1. The lowest BCUT2D eigenvalue weighted by Gasteiger charge is -2.32. The van der Waals surface area contributed by atoms with Gasteiger partial charge in [-0.25, -0.2) is 9.97 Å². The summed E-state index contributed by atoms with van der Waals surface area (Å²) in [4.78, 5) is 35.7. The van der Waals surface area contributed by atoms with Crippen molar-refractivity contribution in [1.82, 2.24) is 19.9 Å². The van der Waals surface area contributed by atoms with Crippen molar-refractivity contribution in [2.24, 2.45) is 13.0 Å². The summed E-state index contributed by atoms with van der Waals surface area (Å²) in [5, 5.41) is 31.6. The van der Waals surface area contributed by atoms with Crippen LogP contribution in [0.15, 0.2) is 36.8 Å². The second kappa shape index (κ2) is 15.9. The van der Waals surface area contributed by atoms with Crippen LogP contribution in [0.3, 0.4) is 0 Å². The molecule has 0 radical (unpaired) electrons. The van der Waals surface area contributed by atoms with E-state index in [9.17, 15) is 19.3 Å². The number of anilines is 1. The highest BCUT2D eigenvalue weighted by molar-refractivity contribution is 5.94. The van der Waals surface area contributed by atoms with Gasteiger partial charge in [-0.05, 0) is 36.9 Å². The van der Waals surface area contributed by atoms with Crippen molar-refractivity contribution in [3.8, 4) is 12.3 Å². The van der Waals surface area contributed by atoms with Crippen molar-refractivity contribution in [1.29, 1.82) is 0 Å². The number of nitro benzene ring substituents is 1. The standard InChI is InChI=1S/C22H26N6O4.C2HFO2.2FH/c1-26-13-16(18-8-17(28(31)32)2-3-20(18)26)10-23-9-15-4-6-27(7-5-15)22-12-24-19(11-25-22)21(30)14-29;3-1-2-5-4;;/h2-3,8,11-13,15,23,29H,4-7,9-10,14H2,1H3;4H;2*1H. The third-order valence-electron chi connectivity index (χ3n) is 6.11. The molecule has 0 aliphatic carbocycles. The van der Waals surface area contributed by atoms with Crippen LogP contribution in [-0.4, -0.2) is 61.8 Å². The average Bonchev–Trinajstić information content (AvgIpc) is 3.24. The number of halogens is 3.